The van der Waals surface area contributed by atoms with E-state index in [9.17, 15) is 0 Å². The predicted octanol–water partition coefficient (Wildman–Crippen LogP) is 14.5. The van der Waals surface area contributed by atoms with Gasteiger partial charge in [0.25, 0.3) is 0 Å². The van der Waals surface area contributed by atoms with Gasteiger partial charge in [-0.25, -0.2) is 15.0 Å². The number of pyridine rings is 1. The van der Waals surface area contributed by atoms with Crippen molar-refractivity contribution in [1.82, 2.24) is 19.9 Å². The number of aromatic nitrogens is 4. The molecule has 0 saturated carbocycles. The molecule has 2 aromatic heterocycles. The lowest BCUT2D eigenvalue weighted by atomic mass is 9.65. The van der Waals surface area contributed by atoms with Gasteiger partial charge in [0.05, 0.1) is 11.1 Å². The first-order chi connectivity index (χ1) is 31.5. The number of fused-ring (bicyclic) bond motifs is 6. The number of nitrogens with zero attached hydrogens (tertiary/aromatic N) is 4. The fourth-order valence-corrected chi connectivity index (χ4v) is 10.6. The zero-order valence-electron chi connectivity index (χ0n) is 35.8. The van der Waals surface area contributed by atoms with Crippen molar-refractivity contribution in [3.05, 3.63) is 240 Å². The standard InChI is InChI=1S/C60H44N4/c1-59(2)51-35-41(26-30-47(51)48-32-28-43(37-52(48)59)55-25-15-16-34-61-55)42-27-31-49-50-33-29-44(58-63-56(39-17-7-3-8-18-39)62-57(64-58)40-19-9-4-10-20-40)38-54(50)60(53(49)36-42,45-21-11-5-12-22-45)46-23-13-6-14-24-46/h3-5,7-13,15-38H,6,14H2,1-2H3. The van der Waals surface area contributed by atoms with Crippen LogP contribution in [0.15, 0.2) is 212 Å². The Morgan fingerprint density at radius 2 is 0.875 bits per heavy atom. The quantitative estimate of drug-likeness (QED) is 0.161. The largest absolute Gasteiger partial charge is 0.256 e. The van der Waals surface area contributed by atoms with E-state index in [1.54, 1.807) is 0 Å². The maximum absolute atomic E-state index is 5.18. The number of hydrogen-bond acceptors (Lipinski definition) is 4. The van der Waals surface area contributed by atoms with Gasteiger partial charge in [0.2, 0.25) is 0 Å². The van der Waals surface area contributed by atoms with Gasteiger partial charge in [-0.15, -0.1) is 0 Å². The molecule has 0 N–H and O–H groups in total. The summed E-state index contributed by atoms with van der Waals surface area (Å²) in [4.78, 5) is 20.0. The molecule has 3 aliphatic rings. The van der Waals surface area contributed by atoms with Crippen molar-refractivity contribution in [2.45, 2.75) is 37.5 Å². The molecule has 9 aromatic rings. The molecule has 12 rings (SSSR count). The third-order valence-electron chi connectivity index (χ3n) is 13.7. The van der Waals surface area contributed by atoms with Crippen molar-refractivity contribution in [3.63, 3.8) is 0 Å². The number of allylic oxidation sites excluding steroid dienone is 4. The average molecular weight is 821 g/mol. The van der Waals surface area contributed by atoms with Crippen molar-refractivity contribution >= 4 is 0 Å². The Balaban J connectivity index is 1.03. The highest BCUT2D eigenvalue weighted by atomic mass is 15.0. The molecule has 304 valence electrons. The topological polar surface area (TPSA) is 51.6 Å². The van der Waals surface area contributed by atoms with E-state index < -0.39 is 5.41 Å². The van der Waals surface area contributed by atoms with Crippen molar-refractivity contribution < 1.29 is 0 Å². The van der Waals surface area contributed by atoms with E-state index >= 15 is 0 Å². The summed E-state index contributed by atoms with van der Waals surface area (Å²) >= 11 is 0. The molecular formula is C60H44N4. The number of rotatable bonds is 7. The summed E-state index contributed by atoms with van der Waals surface area (Å²) in [7, 11) is 0. The molecule has 2 heterocycles. The van der Waals surface area contributed by atoms with Crippen LogP contribution < -0.4 is 0 Å². The summed E-state index contributed by atoms with van der Waals surface area (Å²) in [6, 6.07) is 65.6. The Bertz CT molecular complexity index is 3280. The van der Waals surface area contributed by atoms with Gasteiger partial charge >= 0.3 is 0 Å². The highest BCUT2D eigenvalue weighted by Crippen LogP contribution is 2.59. The number of benzene rings is 7. The molecule has 1 atom stereocenters. The van der Waals surface area contributed by atoms with Crippen LogP contribution >= 0.6 is 0 Å². The minimum atomic E-state index is -0.583. The van der Waals surface area contributed by atoms with Crippen LogP contribution in [0, 0.1) is 0 Å². The summed E-state index contributed by atoms with van der Waals surface area (Å²) in [6.45, 7) is 4.72. The lowest BCUT2D eigenvalue weighted by molar-refractivity contribution is 0.661. The molecule has 0 fully saturated rings. The summed E-state index contributed by atoms with van der Waals surface area (Å²) in [6.07, 6.45) is 11.1. The van der Waals surface area contributed by atoms with E-state index in [1.807, 2.05) is 48.7 Å². The van der Waals surface area contributed by atoms with E-state index in [0.717, 1.165) is 40.8 Å². The van der Waals surface area contributed by atoms with Gasteiger partial charge in [-0.1, -0.05) is 178 Å². The van der Waals surface area contributed by atoms with Crippen LogP contribution in [0.4, 0.5) is 0 Å². The Labute approximate surface area is 374 Å². The fourth-order valence-electron chi connectivity index (χ4n) is 10.6. The first kappa shape index (κ1) is 37.9. The zero-order chi connectivity index (χ0) is 42.8. The maximum Gasteiger partial charge on any atom is 0.164 e. The molecule has 0 saturated heterocycles. The molecule has 0 spiro atoms. The van der Waals surface area contributed by atoms with Crippen LogP contribution in [0.5, 0.6) is 0 Å². The van der Waals surface area contributed by atoms with Gasteiger partial charge in [0, 0.05) is 33.9 Å². The fraction of sp³-hybridized carbons (Fsp3) is 0.100. The van der Waals surface area contributed by atoms with Gasteiger partial charge in [0.15, 0.2) is 17.5 Å². The van der Waals surface area contributed by atoms with Crippen LogP contribution in [0.3, 0.4) is 0 Å². The van der Waals surface area contributed by atoms with Crippen molar-refractivity contribution in [3.8, 4) is 78.8 Å². The van der Waals surface area contributed by atoms with Crippen molar-refractivity contribution in [2.75, 3.05) is 0 Å². The van der Waals surface area contributed by atoms with E-state index in [-0.39, 0.29) is 5.41 Å². The van der Waals surface area contributed by atoms with Crippen LogP contribution in [-0.4, -0.2) is 19.9 Å². The molecule has 4 nitrogen and oxygen atoms in total. The molecule has 7 aromatic carbocycles. The van der Waals surface area contributed by atoms with Crippen LogP contribution in [-0.2, 0) is 10.8 Å². The molecule has 1 unspecified atom stereocenters. The van der Waals surface area contributed by atoms with Gasteiger partial charge in [0.1, 0.15) is 0 Å². The number of hydrogen-bond donors (Lipinski definition) is 0. The second kappa shape index (κ2) is 14.9. The highest BCUT2D eigenvalue weighted by molar-refractivity contribution is 5.91. The van der Waals surface area contributed by atoms with Crippen LogP contribution in [0.1, 0.15) is 54.5 Å². The Hall–Kier alpha value is -7.82. The smallest absolute Gasteiger partial charge is 0.164 e. The second-order valence-electron chi connectivity index (χ2n) is 17.7. The lowest BCUT2D eigenvalue weighted by Crippen LogP contribution is -2.29. The summed E-state index contributed by atoms with van der Waals surface area (Å²) in [5.74, 6) is 1.95. The molecule has 0 amide bonds. The first-order valence-electron chi connectivity index (χ1n) is 22.3. The Morgan fingerprint density at radius 1 is 0.406 bits per heavy atom. The monoisotopic (exact) mass is 820 g/mol. The average Bonchev–Trinajstić information content (AvgIpc) is 3.79. The van der Waals surface area contributed by atoms with Gasteiger partial charge in [-0.2, -0.15) is 0 Å². The van der Waals surface area contributed by atoms with E-state index in [0.29, 0.717) is 17.5 Å². The summed E-state index contributed by atoms with van der Waals surface area (Å²) in [5, 5.41) is 0. The summed E-state index contributed by atoms with van der Waals surface area (Å²) < 4.78 is 0. The highest BCUT2D eigenvalue weighted by Gasteiger charge is 2.47. The normalized spacial score (nSPS) is 16.4. The Morgan fingerprint density at radius 3 is 1.42 bits per heavy atom. The molecule has 64 heavy (non-hydrogen) atoms. The SMILES string of the molecule is CC1(C)c2cc(-c3ccc4c(c3)C(C3=CCCC=C3)(c3ccccc3)c3cc(-c5nc(-c6ccccc6)nc(-c6ccccc6)n5)ccc3-4)ccc2-c2ccc(-c3ccccn3)cc21. The molecule has 0 radical (unpaired) electrons. The maximum atomic E-state index is 5.18. The van der Waals surface area contributed by atoms with Gasteiger partial charge in [-0.3, -0.25) is 4.98 Å². The first-order valence-corrected chi connectivity index (χ1v) is 22.3. The third kappa shape index (κ3) is 5.97. The molecule has 0 aliphatic heterocycles. The van der Waals surface area contributed by atoms with Crippen molar-refractivity contribution in [2.24, 2.45) is 0 Å². The minimum Gasteiger partial charge on any atom is -0.256 e. The molecule has 3 aliphatic carbocycles. The van der Waals surface area contributed by atoms with Gasteiger partial charge < -0.3 is 0 Å². The van der Waals surface area contributed by atoms with Crippen molar-refractivity contribution in [1.29, 1.82) is 0 Å². The zero-order valence-corrected chi connectivity index (χ0v) is 35.8. The predicted molar refractivity (Wildman–Crippen MR) is 261 cm³/mol. The van der Waals surface area contributed by atoms with Crippen LogP contribution in [0.25, 0.3) is 78.8 Å². The lowest BCUT2D eigenvalue weighted by Gasteiger charge is -2.36. The molecule has 4 heteroatoms. The molecular weight excluding hydrogens is 777 g/mol. The molecule has 0 bridgehead atoms. The summed E-state index contributed by atoms with van der Waals surface area (Å²) in [5.41, 5.74) is 19.5. The van der Waals surface area contributed by atoms with E-state index in [4.69, 9.17) is 15.0 Å². The van der Waals surface area contributed by atoms with Gasteiger partial charge in [-0.05, 0) is 116 Å². The second-order valence-corrected chi connectivity index (χ2v) is 17.7. The van der Waals surface area contributed by atoms with Crippen LogP contribution in [0.2, 0.25) is 0 Å². The van der Waals surface area contributed by atoms with E-state index in [2.05, 4.69) is 177 Å². The van der Waals surface area contributed by atoms with E-state index in [1.165, 1.54) is 66.8 Å². The third-order valence-corrected chi connectivity index (χ3v) is 13.7. The Kier molecular flexibility index (Phi) is 8.84. The minimum absolute atomic E-state index is 0.184.